The second kappa shape index (κ2) is 10.7. The monoisotopic (exact) mass is 437 g/mol. The third kappa shape index (κ3) is 7.41. The second-order valence-corrected chi connectivity index (χ2v) is 6.27. The predicted octanol–water partition coefficient (Wildman–Crippen LogP) is 2.97. The van der Waals surface area contributed by atoms with Gasteiger partial charge in [0.05, 0.1) is 24.9 Å². The van der Waals surface area contributed by atoms with Gasteiger partial charge in [0.1, 0.15) is 0 Å². The molecule has 1 aromatic heterocycles. The highest BCUT2D eigenvalue weighted by molar-refractivity contribution is 14.0. The van der Waals surface area contributed by atoms with Gasteiger partial charge in [-0.25, -0.2) is 9.67 Å². The summed E-state index contributed by atoms with van der Waals surface area (Å²) in [6.07, 6.45) is 3.55. The number of methoxy groups -OCH3 is 1. The molecule has 0 saturated heterocycles. The molecule has 7 heteroatoms. The number of aryl methyl sites for hydroxylation is 2. The van der Waals surface area contributed by atoms with Crippen LogP contribution in [0.25, 0.3) is 0 Å². The first-order chi connectivity index (χ1) is 10.3. The lowest BCUT2D eigenvalue weighted by atomic mass is 10.0. The molecular weight excluding hydrogens is 405 g/mol. The molecule has 0 spiro atoms. The maximum Gasteiger partial charge on any atom is 0.216 e. The molecule has 134 valence electrons. The van der Waals surface area contributed by atoms with Crippen molar-refractivity contribution < 1.29 is 4.74 Å². The molecule has 0 aromatic carbocycles. The van der Waals surface area contributed by atoms with Crippen molar-refractivity contribution >= 4 is 29.9 Å². The number of aliphatic imine (C=N–C) groups is 1. The quantitative estimate of drug-likeness (QED) is 0.373. The Labute approximate surface area is 157 Å². The fourth-order valence-electron chi connectivity index (χ4n) is 2.48. The van der Waals surface area contributed by atoms with E-state index in [0.717, 1.165) is 29.5 Å². The summed E-state index contributed by atoms with van der Waals surface area (Å²) >= 11 is 0. The summed E-state index contributed by atoms with van der Waals surface area (Å²) in [6, 6.07) is 0.333. The summed E-state index contributed by atoms with van der Waals surface area (Å²) in [5.74, 6) is 1.96. The van der Waals surface area contributed by atoms with Gasteiger partial charge < -0.3 is 15.8 Å². The number of halogens is 1. The molecule has 1 heterocycles. The number of guanidine groups is 1. The minimum absolute atomic E-state index is 0. The molecule has 3 N–H and O–H groups in total. The standard InChI is InChI=1S/C16H31N5O.HI/c1-11(2)8-7-9-12(3)19-16(17)18-10-14-13(4)20-21(5)15(14)22-6;/h11-12H,7-10H2,1-6H3,(H3,17,18,19);1H. The zero-order valence-corrected chi connectivity index (χ0v) is 17.5. The highest BCUT2D eigenvalue weighted by atomic mass is 127. The number of hydrogen-bond acceptors (Lipinski definition) is 3. The number of nitrogens with zero attached hydrogens (tertiary/aromatic N) is 3. The van der Waals surface area contributed by atoms with Crippen LogP contribution in [0.4, 0.5) is 0 Å². The summed E-state index contributed by atoms with van der Waals surface area (Å²) in [5, 5.41) is 7.59. The van der Waals surface area contributed by atoms with E-state index in [9.17, 15) is 0 Å². The number of ether oxygens (including phenoxy) is 1. The Morgan fingerprint density at radius 2 is 2.00 bits per heavy atom. The van der Waals surface area contributed by atoms with E-state index in [-0.39, 0.29) is 24.0 Å². The summed E-state index contributed by atoms with van der Waals surface area (Å²) in [4.78, 5) is 4.41. The van der Waals surface area contributed by atoms with Crippen LogP contribution in [0.3, 0.4) is 0 Å². The van der Waals surface area contributed by atoms with Crippen molar-refractivity contribution in [1.29, 1.82) is 0 Å². The van der Waals surface area contributed by atoms with E-state index in [1.807, 2.05) is 14.0 Å². The lowest BCUT2D eigenvalue weighted by molar-refractivity contribution is 0.369. The molecule has 23 heavy (non-hydrogen) atoms. The molecule has 0 saturated carbocycles. The summed E-state index contributed by atoms with van der Waals surface area (Å²) in [6.45, 7) is 9.06. The lowest BCUT2D eigenvalue weighted by Crippen LogP contribution is -2.38. The van der Waals surface area contributed by atoms with Gasteiger partial charge in [-0.3, -0.25) is 0 Å². The van der Waals surface area contributed by atoms with Gasteiger partial charge in [-0.2, -0.15) is 5.10 Å². The van der Waals surface area contributed by atoms with E-state index >= 15 is 0 Å². The Morgan fingerprint density at radius 3 is 2.57 bits per heavy atom. The smallest absolute Gasteiger partial charge is 0.216 e. The van der Waals surface area contributed by atoms with Crippen molar-refractivity contribution in [2.45, 2.75) is 59.5 Å². The fourth-order valence-corrected chi connectivity index (χ4v) is 2.48. The Bertz CT molecular complexity index is 499. The average molecular weight is 437 g/mol. The van der Waals surface area contributed by atoms with Gasteiger partial charge in [-0.05, 0) is 26.2 Å². The Kier molecular flexibility index (Phi) is 10.3. The summed E-state index contributed by atoms with van der Waals surface area (Å²) in [5.41, 5.74) is 7.87. The van der Waals surface area contributed by atoms with Crippen LogP contribution in [0.15, 0.2) is 4.99 Å². The molecule has 1 unspecified atom stereocenters. The topological polar surface area (TPSA) is 77.5 Å². The molecule has 1 atom stereocenters. The Balaban J connectivity index is 0.00000484. The molecule has 0 fully saturated rings. The van der Waals surface area contributed by atoms with Gasteiger partial charge in [0.2, 0.25) is 5.88 Å². The maximum absolute atomic E-state index is 5.97. The minimum atomic E-state index is 0. The Hall–Kier alpha value is -0.990. The minimum Gasteiger partial charge on any atom is -0.481 e. The van der Waals surface area contributed by atoms with Crippen molar-refractivity contribution in [2.75, 3.05) is 7.11 Å². The van der Waals surface area contributed by atoms with Crippen LogP contribution >= 0.6 is 24.0 Å². The van der Waals surface area contributed by atoms with Crippen LogP contribution < -0.4 is 15.8 Å². The van der Waals surface area contributed by atoms with Crippen LogP contribution in [0.1, 0.15) is 51.3 Å². The number of nitrogens with two attached hydrogens (primary N) is 1. The molecule has 0 bridgehead atoms. The van der Waals surface area contributed by atoms with Gasteiger partial charge in [0, 0.05) is 13.1 Å². The van der Waals surface area contributed by atoms with Crippen molar-refractivity contribution in [1.82, 2.24) is 15.1 Å². The predicted molar refractivity (Wildman–Crippen MR) is 107 cm³/mol. The zero-order valence-electron chi connectivity index (χ0n) is 15.2. The first kappa shape index (κ1) is 22.0. The average Bonchev–Trinajstić information content (AvgIpc) is 2.69. The fraction of sp³-hybridized carbons (Fsp3) is 0.750. The van der Waals surface area contributed by atoms with Gasteiger partial charge in [0.15, 0.2) is 5.96 Å². The SMILES string of the molecule is COc1c(CN=C(N)NC(C)CCCC(C)C)c(C)nn1C.I. The van der Waals surface area contributed by atoms with E-state index in [4.69, 9.17) is 10.5 Å². The van der Waals surface area contributed by atoms with Crippen LogP contribution in [-0.4, -0.2) is 28.9 Å². The van der Waals surface area contributed by atoms with Crippen molar-refractivity contribution in [3.63, 3.8) is 0 Å². The molecule has 0 aliphatic heterocycles. The van der Waals surface area contributed by atoms with Crippen LogP contribution in [-0.2, 0) is 13.6 Å². The number of rotatable bonds is 8. The van der Waals surface area contributed by atoms with E-state index in [2.05, 4.69) is 36.2 Å². The number of nitrogens with one attached hydrogen (secondary N) is 1. The van der Waals surface area contributed by atoms with Crippen LogP contribution in [0, 0.1) is 12.8 Å². The van der Waals surface area contributed by atoms with E-state index < -0.39 is 0 Å². The van der Waals surface area contributed by atoms with Gasteiger partial charge in [-0.15, -0.1) is 24.0 Å². The van der Waals surface area contributed by atoms with Gasteiger partial charge in [0.25, 0.3) is 0 Å². The molecule has 1 aromatic rings. The summed E-state index contributed by atoms with van der Waals surface area (Å²) < 4.78 is 7.08. The number of aromatic nitrogens is 2. The van der Waals surface area contributed by atoms with E-state index in [1.54, 1.807) is 11.8 Å². The molecule has 0 aliphatic rings. The molecule has 0 radical (unpaired) electrons. The van der Waals surface area contributed by atoms with Crippen LogP contribution in [0.5, 0.6) is 5.88 Å². The first-order valence-electron chi connectivity index (χ1n) is 7.98. The van der Waals surface area contributed by atoms with E-state index in [1.165, 1.54) is 12.8 Å². The highest BCUT2D eigenvalue weighted by Gasteiger charge is 2.13. The first-order valence-corrected chi connectivity index (χ1v) is 7.98. The van der Waals surface area contributed by atoms with Crippen molar-refractivity contribution in [3.8, 4) is 5.88 Å². The van der Waals surface area contributed by atoms with Gasteiger partial charge in [-0.1, -0.05) is 26.7 Å². The van der Waals surface area contributed by atoms with Crippen molar-refractivity contribution in [3.05, 3.63) is 11.3 Å². The van der Waals surface area contributed by atoms with Crippen molar-refractivity contribution in [2.24, 2.45) is 23.7 Å². The number of hydrogen-bond donors (Lipinski definition) is 2. The zero-order chi connectivity index (χ0) is 16.7. The molecule has 1 rings (SSSR count). The van der Waals surface area contributed by atoms with E-state index in [0.29, 0.717) is 18.5 Å². The highest BCUT2D eigenvalue weighted by Crippen LogP contribution is 2.21. The summed E-state index contributed by atoms with van der Waals surface area (Å²) in [7, 11) is 3.50. The second-order valence-electron chi connectivity index (χ2n) is 6.27. The van der Waals surface area contributed by atoms with Gasteiger partial charge >= 0.3 is 0 Å². The van der Waals surface area contributed by atoms with Crippen LogP contribution in [0.2, 0.25) is 0 Å². The third-order valence-corrected chi connectivity index (χ3v) is 3.70. The largest absolute Gasteiger partial charge is 0.481 e. The molecule has 0 amide bonds. The maximum atomic E-state index is 5.97. The Morgan fingerprint density at radius 1 is 1.35 bits per heavy atom. The lowest BCUT2D eigenvalue weighted by Gasteiger charge is -2.15. The molecule has 0 aliphatic carbocycles. The molecule has 6 nitrogen and oxygen atoms in total. The third-order valence-electron chi connectivity index (χ3n) is 3.70. The normalized spacial score (nSPS) is 12.9. The molecular formula is C16H32IN5O.